The van der Waals surface area contributed by atoms with E-state index in [1.165, 1.54) is 0 Å². The molecule has 0 atom stereocenters. The standard InChI is InChI=1S/C9H8N2O2S/c1-14-7-4-2-6(3-5-7)8-10-11-9(12)13-8/h2-5H,1H3,(H,11,12). The number of H-pyrrole nitrogens is 1. The van der Waals surface area contributed by atoms with E-state index in [1.807, 2.05) is 30.5 Å². The molecule has 72 valence electrons. The van der Waals surface area contributed by atoms with Gasteiger partial charge in [0.05, 0.1) is 0 Å². The van der Waals surface area contributed by atoms with Gasteiger partial charge in [-0.15, -0.1) is 16.9 Å². The van der Waals surface area contributed by atoms with Crippen molar-refractivity contribution >= 4 is 11.8 Å². The number of hydrogen-bond acceptors (Lipinski definition) is 4. The monoisotopic (exact) mass is 208 g/mol. The second-order valence-corrected chi connectivity index (χ2v) is 3.53. The van der Waals surface area contributed by atoms with E-state index in [0.717, 1.165) is 10.5 Å². The molecule has 0 aliphatic heterocycles. The summed E-state index contributed by atoms with van der Waals surface area (Å²) in [5.74, 6) is -0.211. The molecule has 0 aliphatic rings. The molecule has 1 aromatic carbocycles. The molecule has 1 heterocycles. The van der Waals surface area contributed by atoms with E-state index in [4.69, 9.17) is 4.42 Å². The van der Waals surface area contributed by atoms with Gasteiger partial charge in [0, 0.05) is 10.5 Å². The van der Waals surface area contributed by atoms with Gasteiger partial charge in [-0.05, 0) is 30.5 Å². The van der Waals surface area contributed by atoms with Crippen molar-refractivity contribution in [3.8, 4) is 11.5 Å². The first-order chi connectivity index (χ1) is 6.79. The Morgan fingerprint density at radius 3 is 2.57 bits per heavy atom. The van der Waals surface area contributed by atoms with Crippen molar-refractivity contribution in [1.82, 2.24) is 10.2 Å². The van der Waals surface area contributed by atoms with Gasteiger partial charge in [0.25, 0.3) is 0 Å². The molecule has 0 radical (unpaired) electrons. The first-order valence-electron chi connectivity index (χ1n) is 3.99. The predicted octanol–water partition coefficient (Wildman–Crippen LogP) is 1.75. The van der Waals surface area contributed by atoms with Gasteiger partial charge in [0.2, 0.25) is 5.89 Å². The van der Waals surface area contributed by atoms with Crippen LogP contribution < -0.4 is 5.76 Å². The number of thioether (sulfide) groups is 1. The van der Waals surface area contributed by atoms with Crippen molar-refractivity contribution in [2.75, 3.05) is 6.26 Å². The van der Waals surface area contributed by atoms with Crippen LogP contribution in [-0.4, -0.2) is 16.5 Å². The molecule has 5 heteroatoms. The van der Waals surface area contributed by atoms with E-state index in [-0.39, 0.29) is 0 Å². The maximum Gasteiger partial charge on any atom is 0.434 e. The Bertz CT molecular complexity index is 472. The van der Waals surface area contributed by atoms with Crippen LogP contribution in [0.15, 0.2) is 38.4 Å². The topological polar surface area (TPSA) is 58.9 Å². The van der Waals surface area contributed by atoms with Gasteiger partial charge in [0.15, 0.2) is 0 Å². The fraction of sp³-hybridized carbons (Fsp3) is 0.111. The van der Waals surface area contributed by atoms with Crippen LogP contribution in [0.5, 0.6) is 0 Å². The Kier molecular flexibility index (Phi) is 2.41. The van der Waals surface area contributed by atoms with Gasteiger partial charge >= 0.3 is 5.76 Å². The van der Waals surface area contributed by atoms with E-state index in [0.29, 0.717) is 5.89 Å². The first kappa shape index (κ1) is 9.08. The summed E-state index contributed by atoms with van der Waals surface area (Å²) >= 11 is 1.66. The minimum atomic E-state index is -0.533. The van der Waals surface area contributed by atoms with Crippen LogP contribution in [-0.2, 0) is 0 Å². The van der Waals surface area contributed by atoms with Crippen molar-refractivity contribution in [1.29, 1.82) is 0 Å². The molecule has 14 heavy (non-hydrogen) atoms. The summed E-state index contributed by atoms with van der Waals surface area (Å²) in [5.41, 5.74) is 0.793. The molecule has 0 unspecified atom stereocenters. The highest BCUT2D eigenvalue weighted by Gasteiger charge is 2.03. The van der Waals surface area contributed by atoms with E-state index >= 15 is 0 Å². The van der Waals surface area contributed by atoms with Crippen molar-refractivity contribution in [2.45, 2.75) is 4.90 Å². The summed E-state index contributed by atoms with van der Waals surface area (Å²) < 4.78 is 4.81. The Balaban J connectivity index is 2.38. The number of benzene rings is 1. The van der Waals surface area contributed by atoms with Crippen LogP contribution in [0, 0.1) is 0 Å². The zero-order valence-electron chi connectivity index (χ0n) is 7.48. The summed E-state index contributed by atoms with van der Waals surface area (Å²) in [6, 6.07) is 7.64. The molecular weight excluding hydrogens is 200 g/mol. The van der Waals surface area contributed by atoms with Gasteiger partial charge in [-0.3, -0.25) is 0 Å². The Morgan fingerprint density at radius 1 is 1.36 bits per heavy atom. The highest BCUT2D eigenvalue weighted by Crippen LogP contribution is 2.20. The minimum absolute atomic E-state index is 0.322. The predicted molar refractivity (Wildman–Crippen MR) is 54.3 cm³/mol. The second kappa shape index (κ2) is 3.71. The third-order valence-electron chi connectivity index (χ3n) is 1.78. The van der Waals surface area contributed by atoms with Gasteiger partial charge < -0.3 is 4.42 Å². The van der Waals surface area contributed by atoms with Crippen molar-refractivity contribution in [2.24, 2.45) is 0 Å². The highest BCUT2D eigenvalue weighted by atomic mass is 32.2. The lowest BCUT2D eigenvalue weighted by Crippen LogP contribution is -1.93. The van der Waals surface area contributed by atoms with Crippen LogP contribution in [0.1, 0.15) is 0 Å². The molecule has 0 saturated heterocycles. The Labute approximate surface area is 84.3 Å². The van der Waals surface area contributed by atoms with Crippen molar-refractivity contribution < 1.29 is 4.42 Å². The van der Waals surface area contributed by atoms with Gasteiger partial charge in [-0.2, -0.15) is 0 Å². The molecule has 4 nitrogen and oxygen atoms in total. The number of hydrogen-bond donors (Lipinski definition) is 1. The van der Waals surface area contributed by atoms with Crippen LogP contribution in [0.25, 0.3) is 11.5 Å². The average molecular weight is 208 g/mol. The summed E-state index contributed by atoms with van der Waals surface area (Å²) in [6.07, 6.45) is 2.00. The maximum atomic E-state index is 10.7. The summed E-state index contributed by atoms with van der Waals surface area (Å²) in [6.45, 7) is 0. The fourth-order valence-corrected chi connectivity index (χ4v) is 1.50. The summed E-state index contributed by atoms with van der Waals surface area (Å²) in [4.78, 5) is 11.9. The lowest BCUT2D eigenvalue weighted by Gasteiger charge is -1.96. The van der Waals surface area contributed by atoms with Gasteiger partial charge in [-0.1, -0.05) is 0 Å². The highest BCUT2D eigenvalue weighted by molar-refractivity contribution is 7.98. The summed E-state index contributed by atoms with van der Waals surface area (Å²) in [5, 5.41) is 5.95. The molecule has 0 saturated carbocycles. The first-order valence-corrected chi connectivity index (χ1v) is 5.22. The van der Waals surface area contributed by atoms with Crippen LogP contribution in [0.2, 0.25) is 0 Å². The van der Waals surface area contributed by atoms with Gasteiger partial charge in [-0.25, -0.2) is 9.89 Å². The molecule has 0 fully saturated rings. The smallest absolute Gasteiger partial charge is 0.388 e. The van der Waals surface area contributed by atoms with E-state index < -0.39 is 5.76 Å². The lowest BCUT2D eigenvalue weighted by atomic mass is 10.2. The molecule has 1 aromatic heterocycles. The number of aromatic amines is 1. The largest absolute Gasteiger partial charge is 0.434 e. The quantitative estimate of drug-likeness (QED) is 0.764. The zero-order chi connectivity index (χ0) is 9.97. The molecular formula is C9H8N2O2S. The molecule has 2 rings (SSSR count). The number of rotatable bonds is 2. The molecule has 0 aliphatic carbocycles. The third-order valence-corrected chi connectivity index (χ3v) is 2.52. The van der Waals surface area contributed by atoms with E-state index in [1.54, 1.807) is 11.8 Å². The normalized spacial score (nSPS) is 10.4. The number of nitrogens with zero attached hydrogens (tertiary/aromatic N) is 1. The van der Waals surface area contributed by atoms with E-state index in [9.17, 15) is 4.79 Å². The third kappa shape index (κ3) is 1.72. The van der Waals surface area contributed by atoms with Crippen LogP contribution in [0.3, 0.4) is 0 Å². The number of aromatic nitrogens is 2. The summed E-state index contributed by atoms with van der Waals surface area (Å²) in [7, 11) is 0. The molecule has 1 N–H and O–H groups in total. The molecule has 0 bridgehead atoms. The average Bonchev–Trinajstić information content (AvgIpc) is 2.65. The van der Waals surface area contributed by atoms with Gasteiger partial charge in [0.1, 0.15) is 0 Å². The molecule has 0 amide bonds. The Morgan fingerprint density at radius 2 is 2.07 bits per heavy atom. The second-order valence-electron chi connectivity index (χ2n) is 2.65. The SMILES string of the molecule is CSc1ccc(-c2n[nH]c(=O)o2)cc1. The van der Waals surface area contributed by atoms with Crippen molar-refractivity contribution in [3.05, 3.63) is 34.8 Å². The van der Waals surface area contributed by atoms with Crippen LogP contribution in [0.4, 0.5) is 0 Å². The molecule has 0 spiro atoms. The lowest BCUT2D eigenvalue weighted by molar-refractivity contribution is 0.527. The fourth-order valence-electron chi connectivity index (χ4n) is 1.09. The van der Waals surface area contributed by atoms with E-state index in [2.05, 4.69) is 10.2 Å². The number of nitrogens with one attached hydrogen (secondary N) is 1. The Hall–Kier alpha value is -1.49. The molecule has 2 aromatic rings. The van der Waals surface area contributed by atoms with Crippen molar-refractivity contribution in [3.63, 3.8) is 0 Å². The maximum absolute atomic E-state index is 10.7. The minimum Gasteiger partial charge on any atom is -0.388 e. The van der Waals surface area contributed by atoms with Crippen LogP contribution >= 0.6 is 11.8 Å². The zero-order valence-corrected chi connectivity index (χ0v) is 8.30.